The van der Waals surface area contributed by atoms with Crippen LogP contribution >= 0.6 is 11.6 Å². The van der Waals surface area contributed by atoms with Crippen molar-refractivity contribution < 1.29 is 14.7 Å². The molecule has 1 aliphatic rings. The average molecular weight is 433 g/mol. The molecule has 0 saturated carbocycles. The Bertz CT molecular complexity index is 1200. The third-order valence-corrected chi connectivity index (χ3v) is 5.72. The molecular formula is C25H21ClN2O3. The van der Waals surface area contributed by atoms with Gasteiger partial charge in [-0.15, -0.1) is 0 Å². The van der Waals surface area contributed by atoms with E-state index >= 15 is 0 Å². The van der Waals surface area contributed by atoms with Crippen molar-refractivity contribution in [3.63, 3.8) is 0 Å². The fourth-order valence-electron chi connectivity index (χ4n) is 3.87. The summed E-state index contributed by atoms with van der Waals surface area (Å²) in [4.78, 5) is 31.8. The number of nitrogens with zero attached hydrogens (tertiary/aromatic N) is 2. The Hall–Kier alpha value is -3.44. The van der Waals surface area contributed by atoms with E-state index in [9.17, 15) is 14.7 Å². The molecule has 2 heterocycles. The molecule has 0 radical (unpaired) electrons. The molecule has 4 rings (SSSR count). The zero-order chi connectivity index (χ0) is 22.1. The lowest BCUT2D eigenvalue weighted by atomic mass is 9.96. The molecule has 31 heavy (non-hydrogen) atoms. The quantitative estimate of drug-likeness (QED) is 0.359. The third-order valence-electron chi connectivity index (χ3n) is 5.48. The predicted octanol–water partition coefficient (Wildman–Crippen LogP) is 4.97. The summed E-state index contributed by atoms with van der Waals surface area (Å²) < 4.78 is 0. The second-order valence-corrected chi connectivity index (χ2v) is 8.09. The summed E-state index contributed by atoms with van der Waals surface area (Å²) in [6.45, 7) is 4.19. The van der Waals surface area contributed by atoms with E-state index in [-0.39, 0.29) is 17.9 Å². The number of hydrogen-bond donors (Lipinski definition) is 1. The van der Waals surface area contributed by atoms with Crippen LogP contribution in [0.15, 0.2) is 72.6 Å². The van der Waals surface area contributed by atoms with Gasteiger partial charge >= 0.3 is 0 Å². The number of aryl methyl sites for hydroxylation is 2. The summed E-state index contributed by atoms with van der Waals surface area (Å²) in [7, 11) is 0. The lowest BCUT2D eigenvalue weighted by Crippen LogP contribution is -2.29. The third kappa shape index (κ3) is 3.97. The lowest BCUT2D eigenvalue weighted by Gasteiger charge is -2.26. The number of aliphatic hydroxyl groups is 1. The first-order chi connectivity index (χ1) is 14.9. The Morgan fingerprint density at radius 3 is 2.61 bits per heavy atom. The predicted molar refractivity (Wildman–Crippen MR) is 119 cm³/mol. The summed E-state index contributed by atoms with van der Waals surface area (Å²) in [5.74, 6) is -1.63. The number of hydrogen-bond acceptors (Lipinski definition) is 4. The second kappa shape index (κ2) is 8.36. The first-order valence-corrected chi connectivity index (χ1v) is 10.2. The van der Waals surface area contributed by atoms with Gasteiger partial charge < -0.3 is 10.0 Å². The fraction of sp³-hybridized carbons (Fsp3) is 0.160. The number of amides is 1. The van der Waals surface area contributed by atoms with Crippen LogP contribution in [0, 0.1) is 13.8 Å². The number of carbonyl (C=O) groups is 2. The number of benzene rings is 2. The molecule has 1 aromatic heterocycles. The summed E-state index contributed by atoms with van der Waals surface area (Å²) in [6, 6.07) is 15.4. The number of rotatable bonds is 4. The minimum Gasteiger partial charge on any atom is -0.507 e. The van der Waals surface area contributed by atoms with Crippen LogP contribution in [0.4, 0.5) is 0 Å². The highest BCUT2D eigenvalue weighted by Crippen LogP contribution is 2.40. The Balaban J connectivity index is 1.87. The molecule has 6 heteroatoms. The van der Waals surface area contributed by atoms with E-state index < -0.39 is 17.7 Å². The van der Waals surface area contributed by atoms with Gasteiger partial charge in [-0.1, -0.05) is 53.6 Å². The number of halogens is 1. The maximum Gasteiger partial charge on any atom is 0.295 e. The Morgan fingerprint density at radius 1 is 1.10 bits per heavy atom. The van der Waals surface area contributed by atoms with Gasteiger partial charge in [-0.3, -0.25) is 14.6 Å². The molecule has 1 saturated heterocycles. The molecule has 3 aromatic rings. The van der Waals surface area contributed by atoms with Gasteiger partial charge in [0.15, 0.2) is 0 Å². The van der Waals surface area contributed by atoms with Crippen molar-refractivity contribution in [2.75, 3.05) is 0 Å². The van der Waals surface area contributed by atoms with E-state index in [1.165, 1.54) is 4.90 Å². The molecular weight excluding hydrogens is 412 g/mol. The SMILES string of the molecule is Cc1ccc(C)c(CN2C(=O)C(=O)/C(=C(/O)c3cccc(Cl)c3)C2c2cccnc2)c1. The van der Waals surface area contributed by atoms with E-state index in [1.807, 2.05) is 32.0 Å². The van der Waals surface area contributed by atoms with Gasteiger partial charge in [-0.05, 0) is 48.7 Å². The summed E-state index contributed by atoms with van der Waals surface area (Å²) in [6.07, 6.45) is 3.23. The van der Waals surface area contributed by atoms with Crippen LogP contribution in [-0.4, -0.2) is 26.7 Å². The topological polar surface area (TPSA) is 70.5 Å². The van der Waals surface area contributed by atoms with Crippen LogP contribution < -0.4 is 0 Å². The Labute approximate surface area is 185 Å². The van der Waals surface area contributed by atoms with Crippen LogP contribution in [0.2, 0.25) is 5.02 Å². The molecule has 1 aliphatic heterocycles. The maximum absolute atomic E-state index is 13.1. The number of ketones is 1. The first-order valence-electron chi connectivity index (χ1n) is 9.87. The van der Waals surface area contributed by atoms with Crippen LogP contribution in [0.1, 0.15) is 33.9 Å². The van der Waals surface area contributed by atoms with Crippen molar-refractivity contribution in [2.45, 2.75) is 26.4 Å². The van der Waals surface area contributed by atoms with Crippen molar-refractivity contribution in [1.82, 2.24) is 9.88 Å². The van der Waals surface area contributed by atoms with E-state index in [0.29, 0.717) is 16.1 Å². The maximum atomic E-state index is 13.1. The van der Waals surface area contributed by atoms with Crippen molar-refractivity contribution in [3.05, 3.63) is 105 Å². The highest BCUT2D eigenvalue weighted by molar-refractivity contribution is 6.46. The first kappa shape index (κ1) is 20.8. The normalized spacial score (nSPS) is 17.9. The smallest absolute Gasteiger partial charge is 0.295 e. The summed E-state index contributed by atoms with van der Waals surface area (Å²) in [5.41, 5.74) is 4.09. The number of aliphatic hydroxyl groups excluding tert-OH is 1. The number of likely N-dealkylation sites (tertiary alicyclic amines) is 1. The van der Waals surface area contributed by atoms with Gasteiger partial charge in [0.2, 0.25) is 0 Å². The molecule has 1 fully saturated rings. The lowest BCUT2D eigenvalue weighted by molar-refractivity contribution is -0.140. The molecule has 1 atom stereocenters. The Morgan fingerprint density at radius 2 is 1.90 bits per heavy atom. The van der Waals surface area contributed by atoms with Crippen LogP contribution in [0.25, 0.3) is 5.76 Å². The summed E-state index contributed by atoms with van der Waals surface area (Å²) in [5, 5.41) is 11.5. The molecule has 0 spiro atoms. The van der Waals surface area contributed by atoms with Gasteiger partial charge in [-0.25, -0.2) is 0 Å². The van der Waals surface area contributed by atoms with E-state index in [0.717, 1.165) is 16.7 Å². The van der Waals surface area contributed by atoms with Gasteiger partial charge in [0.1, 0.15) is 5.76 Å². The highest BCUT2D eigenvalue weighted by Gasteiger charge is 2.46. The molecule has 0 bridgehead atoms. The Kier molecular flexibility index (Phi) is 5.61. The van der Waals surface area contributed by atoms with Crippen molar-refractivity contribution in [2.24, 2.45) is 0 Å². The van der Waals surface area contributed by atoms with Crippen molar-refractivity contribution in [3.8, 4) is 0 Å². The second-order valence-electron chi connectivity index (χ2n) is 7.65. The van der Waals surface area contributed by atoms with Crippen LogP contribution in [-0.2, 0) is 16.1 Å². The molecule has 0 aliphatic carbocycles. The van der Waals surface area contributed by atoms with Gasteiger partial charge in [0, 0.05) is 29.5 Å². The van der Waals surface area contributed by atoms with Gasteiger partial charge in [0.25, 0.3) is 11.7 Å². The van der Waals surface area contributed by atoms with E-state index in [1.54, 1.807) is 48.8 Å². The zero-order valence-corrected chi connectivity index (χ0v) is 17.9. The van der Waals surface area contributed by atoms with Crippen molar-refractivity contribution >= 4 is 29.1 Å². The largest absolute Gasteiger partial charge is 0.507 e. The standard InChI is InChI=1S/C25H21ClN2O3/c1-15-8-9-16(2)19(11-15)14-28-22(18-6-4-10-27-13-18)21(24(30)25(28)31)23(29)17-5-3-7-20(26)12-17/h3-13,22,29H,14H2,1-2H3/b23-21+. The van der Waals surface area contributed by atoms with Crippen molar-refractivity contribution in [1.29, 1.82) is 0 Å². The minimum atomic E-state index is -0.757. The van der Waals surface area contributed by atoms with Crippen LogP contribution in [0.3, 0.4) is 0 Å². The zero-order valence-electron chi connectivity index (χ0n) is 17.2. The fourth-order valence-corrected chi connectivity index (χ4v) is 4.06. The molecule has 2 aromatic carbocycles. The molecule has 1 unspecified atom stereocenters. The van der Waals surface area contributed by atoms with Crippen LogP contribution in [0.5, 0.6) is 0 Å². The molecule has 1 amide bonds. The number of carbonyl (C=O) groups excluding carboxylic acids is 2. The number of Topliss-reactive ketones (excluding diaryl/α,β-unsaturated/α-hetero) is 1. The van der Waals surface area contributed by atoms with E-state index in [4.69, 9.17) is 11.6 Å². The number of aromatic nitrogens is 1. The average Bonchev–Trinajstić information content (AvgIpc) is 3.01. The highest BCUT2D eigenvalue weighted by atomic mass is 35.5. The minimum absolute atomic E-state index is 0.0329. The molecule has 5 nitrogen and oxygen atoms in total. The van der Waals surface area contributed by atoms with Gasteiger partial charge in [-0.2, -0.15) is 0 Å². The van der Waals surface area contributed by atoms with Gasteiger partial charge in [0.05, 0.1) is 11.6 Å². The number of pyridine rings is 1. The molecule has 1 N–H and O–H groups in total. The monoisotopic (exact) mass is 432 g/mol. The summed E-state index contributed by atoms with van der Waals surface area (Å²) >= 11 is 6.08. The molecule has 156 valence electrons. The van der Waals surface area contributed by atoms with E-state index in [2.05, 4.69) is 4.98 Å².